The minimum absolute atomic E-state index is 0.390. The molecule has 1 atom stereocenters. The van der Waals surface area contributed by atoms with Crippen molar-refractivity contribution >= 4 is 5.91 Å². The van der Waals surface area contributed by atoms with Crippen LogP contribution in [0, 0.1) is 0 Å². The third kappa shape index (κ3) is 2.52. The maximum absolute atomic E-state index is 11.1. The largest absolute Gasteiger partial charge is 0.491 e. The quantitative estimate of drug-likeness (QED) is 0.793. The Morgan fingerprint density at radius 1 is 1.50 bits per heavy atom. The van der Waals surface area contributed by atoms with Gasteiger partial charge in [-0.3, -0.25) is 4.79 Å². The molecule has 1 amide bonds. The lowest BCUT2D eigenvalue weighted by Crippen LogP contribution is -2.28. The first-order valence-corrected chi connectivity index (χ1v) is 5.52. The Bertz CT molecular complexity index is 373. The number of nitrogens with two attached hydrogens (primary N) is 1. The average molecular weight is 220 g/mol. The van der Waals surface area contributed by atoms with Gasteiger partial charge < -0.3 is 15.8 Å². The second kappa shape index (κ2) is 4.99. The zero-order valence-corrected chi connectivity index (χ0v) is 9.11. The van der Waals surface area contributed by atoms with Crippen molar-refractivity contribution in [1.82, 2.24) is 5.32 Å². The molecule has 1 saturated heterocycles. The van der Waals surface area contributed by atoms with Crippen LogP contribution in [-0.2, 0) is 0 Å². The van der Waals surface area contributed by atoms with E-state index in [4.69, 9.17) is 10.5 Å². The van der Waals surface area contributed by atoms with Gasteiger partial charge in [0.25, 0.3) is 5.91 Å². The van der Waals surface area contributed by atoms with Crippen molar-refractivity contribution in [3.05, 3.63) is 29.8 Å². The van der Waals surface area contributed by atoms with E-state index in [9.17, 15) is 4.79 Å². The number of rotatable bonds is 4. The van der Waals surface area contributed by atoms with Crippen LogP contribution < -0.4 is 15.8 Å². The highest BCUT2D eigenvalue weighted by Crippen LogP contribution is 2.18. The molecule has 4 heteroatoms. The normalized spacial score (nSPS) is 19.6. The Morgan fingerprint density at radius 2 is 2.31 bits per heavy atom. The Morgan fingerprint density at radius 3 is 3.00 bits per heavy atom. The number of hydrogen-bond acceptors (Lipinski definition) is 3. The van der Waals surface area contributed by atoms with Crippen molar-refractivity contribution in [2.45, 2.75) is 18.9 Å². The number of hydrogen-bond donors (Lipinski definition) is 2. The van der Waals surface area contributed by atoms with Crippen molar-refractivity contribution in [2.75, 3.05) is 13.2 Å². The summed E-state index contributed by atoms with van der Waals surface area (Å²) in [4.78, 5) is 11.1. The van der Waals surface area contributed by atoms with E-state index in [0.29, 0.717) is 24.0 Å². The number of carbonyl (C=O) groups is 1. The van der Waals surface area contributed by atoms with E-state index in [2.05, 4.69) is 5.32 Å². The number of carbonyl (C=O) groups excluding carboxylic acids is 1. The zero-order chi connectivity index (χ0) is 11.4. The van der Waals surface area contributed by atoms with E-state index in [1.807, 2.05) is 6.07 Å². The molecule has 0 aromatic heterocycles. The van der Waals surface area contributed by atoms with E-state index in [0.717, 1.165) is 13.0 Å². The average Bonchev–Trinajstić information content (AvgIpc) is 2.79. The molecule has 0 spiro atoms. The fourth-order valence-corrected chi connectivity index (χ4v) is 1.89. The molecule has 16 heavy (non-hydrogen) atoms. The van der Waals surface area contributed by atoms with Gasteiger partial charge in [0.2, 0.25) is 0 Å². The second-order valence-electron chi connectivity index (χ2n) is 3.96. The summed E-state index contributed by atoms with van der Waals surface area (Å²) < 4.78 is 5.62. The van der Waals surface area contributed by atoms with Crippen LogP contribution >= 0.6 is 0 Å². The molecular formula is C12H16N2O2. The summed E-state index contributed by atoms with van der Waals surface area (Å²) >= 11 is 0. The van der Waals surface area contributed by atoms with Crippen LogP contribution in [0.3, 0.4) is 0 Å². The Balaban J connectivity index is 2.00. The zero-order valence-electron chi connectivity index (χ0n) is 9.11. The lowest BCUT2D eigenvalue weighted by atomic mass is 10.2. The summed E-state index contributed by atoms with van der Waals surface area (Å²) in [6, 6.07) is 7.46. The van der Waals surface area contributed by atoms with Gasteiger partial charge in [-0.2, -0.15) is 0 Å². The lowest BCUT2D eigenvalue weighted by Gasteiger charge is -2.13. The van der Waals surface area contributed by atoms with Crippen LogP contribution in [-0.4, -0.2) is 25.1 Å². The first kappa shape index (κ1) is 11.0. The molecule has 1 heterocycles. The minimum atomic E-state index is -0.449. The van der Waals surface area contributed by atoms with Gasteiger partial charge in [0.05, 0.1) is 5.56 Å². The number of nitrogens with one attached hydrogen (secondary N) is 1. The van der Waals surface area contributed by atoms with Crippen LogP contribution in [0.25, 0.3) is 0 Å². The standard InChI is InChI=1S/C12H16N2O2/c13-12(15)10-5-1-2-6-11(10)16-8-9-4-3-7-14-9/h1-2,5-6,9,14H,3-4,7-8H2,(H2,13,15)/t9-/m0/s1. The highest BCUT2D eigenvalue weighted by molar-refractivity contribution is 5.95. The molecule has 0 saturated carbocycles. The van der Waals surface area contributed by atoms with E-state index in [-0.39, 0.29) is 0 Å². The summed E-state index contributed by atoms with van der Waals surface area (Å²) in [5.74, 6) is 0.124. The molecule has 0 unspecified atom stereocenters. The van der Waals surface area contributed by atoms with Gasteiger partial charge in [-0.1, -0.05) is 12.1 Å². The summed E-state index contributed by atoms with van der Waals surface area (Å²) in [5.41, 5.74) is 5.71. The highest BCUT2D eigenvalue weighted by Gasteiger charge is 2.16. The topological polar surface area (TPSA) is 64.4 Å². The summed E-state index contributed by atoms with van der Waals surface area (Å²) in [6.07, 6.45) is 2.31. The predicted octanol–water partition coefficient (Wildman–Crippen LogP) is 0.916. The third-order valence-corrected chi connectivity index (χ3v) is 2.75. The van der Waals surface area contributed by atoms with Crippen LogP contribution in [0.2, 0.25) is 0 Å². The molecule has 0 bridgehead atoms. The second-order valence-corrected chi connectivity index (χ2v) is 3.96. The first-order chi connectivity index (χ1) is 7.77. The Hall–Kier alpha value is -1.55. The molecule has 0 radical (unpaired) electrons. The maximum Gasteiger partial charge on any atom is 0.252 e. The fourth-order valence-electron chi connectivity index (χ4n) is 1.89. The van der Waals surface area contributed by atoms with Gasteiger partial charge in [-0.15, -0.1) is 0 Å². The molecule has 1 aliphatic heterocycles. The van der Waals surface area contributed by atoms with Gasteiger partial charge >= 0.3 is 0 Å². The molecule has 4 nitrogen and oxygen atoms in total. The molecule has 0 aliphatic carbocycles. The van der Waals surface area contributed by atoms with Crippen molar-refractivity contribution in [1.29, 1.82) is 0 Å². The molecule has 1 aromatic rings. The number of benzene rings is 1. The number of primary amides is 1. The number of amides is 1. The SMILES string of the molecule is NC(=O)c1ccccc1OC[C@@H]1CCCN1. The van der Waals surface area contributed by atoms with Crippen molar-refractivity contribution in [2.24, 2.45) is 5.73 Å². The highest BCUT2D eigenvalue weighted by atomic mass is 16.5. The molecular weight excluding hydrogens is 204 g/mol. The fraction of sp³-hybridized carbons (Fsp3) is 0.417. The molecule has 86 valence electrons. The van der Waals surface area contributed by atoms with Crippen LogP contribution in [0.1, 0.15) is 23.2 Å². The lowest BCUT2D eigenvalue weighted by molar-refractivity contribution is 0.0996. The van der Waals surface area contributed by atoms with E-state index < -0.39 is 5.91 Å². The maximum atomic E-state index is 11.1. The molecule has 3 N–H and O–H groups in total. The summed E-state index contributed by atoms with van der Waals surface area (Å²) in [7, 11) is 0. The molecule has 2 rings (SSSR count). The molecule has 1 fully saturated rings. The van der Waals surface area contributed by atoms with Crippen LogP contribution in [0.4, 0.5) is 0 Å². The van der Waals surface area contributed by atoms with Gasteiger partial charge in [-0.05, 0) is 31.5 Å². The number of para-hydroxylation sites is 1. The van der Waals surface area contributed by atoms with Gasteiger partial charge in [0.1, 0.15) is 12.4 Å². The first-order valence-electron chi connectivity index (χ1n) is 5.52. The number of ether oxygens (including phenoxy) is 1. The molecule has 1 aromatic carbocycles. The smallest absolute Gasteiger partial charge is 0.252 e. The van der Waals surface area contributed by atoms with Crippen LogP contribution in [0.5, 0.6) is 5.75 Å². The van der Waals surface area contributed by atoms with E-state index in [1.165, 1.54) is 6.42 Å². The van der Waals surface area contributed by atoms with E-state index >= 15 is 0 Å². The molecule has 1 aliphatic rings. The van der Waals surface area contributed by atoms with E-state index in [1.54, 1.807) is 18.2 Å². The van der Waals surface area contributed by atoms with Gasteiger partial charge in [-0.25, -0.2) is 0 Å². The Kier molecular flexibility index (Phi) is 3.41. The monoisotopic (exact) mass is 220 g/mol. The van der Waals surface area contributed by atoms with Crippen molar-refractivity contribution in [3.63, 3.8) is 0 Å². The van der Waals surface area contributed by atoms with Crippen LogP contribution in [0.15, 0.2) is 24.3 Å². The summed E-state index contributed by atoms with van der Waals surface area (Å²) in [5, 5.41) is 3.33. The van der Waals surface area contributed by atoms with Crippen molar-refractivity contribution in [3.8, 4) is 5.75 Å². The predicted molar refractivity (Wildman–Crippen MR) is 61.5 cm³/mol. The third-order valence-electron chi connectivity index (χ3n) is 2.75. The summed E-state index contributed by atoms with van der Waals surface area (Å²) in [6.45, 7) is 1.63. The van der Waals surface area contributed by atoms with Gasteiger partial charge in [0.15, 0.2) is 0 Å². The minimum Gasteiger partial charge on any atom is -0.491 e. The Labute approximate surface area is 94.8 Å². The van der Waals surface area contributed by atoms with Gasteiger partial charge in [0, 0.05) is 6.04 Å². The van der Waals surface area contributed by atoms with Crippen molar-refractivity contribution < 1.29 is 9.53 Å².